The fourth-order valence-electron chi connectivity index (χ4n) is 1.91. The first-order valence-corrected chi connectivity index (χ1v) is 5.76. The van der Waals surface area contributed by atoms with Crippen LogP contribution in [-0.2, 0) is 0 Å². The van der Waals surface area contributed by atoms with E-state index in [4.69, 9.17) is 5.73 Å². The van der Waals surface area contributed by atoms with E-state index in [9.17, 15) is 9.18 Å². The van der Waals surface area contributed by atoms with E-state index in [-0.39, 0.29) is 11.4 Å². The Morgan fingerprint density at radius 2 is 1.84 bits per heavy atom. The van der Waals surface area contributed by atoms with E-state index in [2.05, 4.69) is 10.3 Å². The van der Waals surface area contributed by atoms with Gasteiger partial charge in [0.2, 0.25) is 0 Å². The average Bonchev–Trinajstić information content (AvgIpc) is 2.30. The minimum Gasteiger partial charge on any atom is -0.365 e. The largest absolute Gasteiger partial charge is 0.365 e. The van der Waals surface area contributed by atoms with E-state index in [0.29, 0.717) is 0 Å². The fraction of sp³-hybridized carbons (Fsp3) is 0.143. The second-order valence-electron chi connectivity index (χ2n) is 4.42. The number of hydrogen-bond donors (Lipinski definition) is 2. The van der Waals surface area contributed by atoms with Crippen molar-refractivity contribution < 1.29 is 9.18 Å². The molecule has 4 nitrogen and oxygen atoms in total. The molecule has 0 radical (unpaired) electrons. The van der Waals surface area contributed by atoms with Gasteiger partial charge in [-0.3, -0.25) is 4.79 Å². The molecule has 0 unspecified atom stereocenters. The van der Waals surface area contributed by atoms with Crippen LogP contribution in [0.25, 0.3) is 0 Å². The summed E-state index contributed by atoms with van der Waals surface area (Å²) in [5.41, 5.74) is 8.16. The second-order valence-corrected chi connectivity index (χ2v) is 4.42. The summed E-state index contributed by atoms with van der Waals surface area (Å²) in [5, 5.41) is 2.98. The number of halogens is 1. The van der Waals surface area contributed by atoms with Crippen molar-refractivity contribution in [2.24, 2.45) is 5.73 Å². The zero-order valence-corrected chi connectivity index (χ0v) is 10.7. The highest BCUT2D eigenvalue weighted by atomic mass is 19.1. The number of nitrogens with zero attached hydrogens (tertiary/aromatic N) is 1. The summed E-state index contributed by atoms with van der Waals surface area (Å²) in [5.74, 6) is -1.07. The Hall–Kier alpha value is -2.43. The van der Waals surface area contributed by atoms with Gasteiger partial charge in [0.25, 0.3) is 5.91 Å². The number of primary amides is 1. The fourth-order valence-corrected chi connectivity index (χ4v) is 1.91. The molecule has 0 spiro atoms. The Kier molecular flexibility index (Phi) is 3.46. The summed E-state index contributed by atoms with van der Waals surface area (Å²) < 4.78 is 13.1. The molecule has 0 aliphatic heterocycles. The molecule has 0 aliphatic rings. The zero-order chi connectivity index (χ0) is 14.0. The Morgan fingerprint density at radius 3 is 2.42 bits per heavy atom. The van der Waals surface area contributed by atoms with E-state index in [1.165, 1.54) is 0 Å². The van der Waals surface area contributed by atoms with Gasteiger partial charge in [0.1, 0.15) is 11.6 Å². The summed E-state index contributed by atoms with van der Waals surface area (Å²) in [6.07, 6.45) is 1.04. The molecule has 0 bridgehead atoms. The lowest BCUT2D eigenvalue weighted by atomic mass is 10.1. The summed E-state index contributed by atoms with van der Waals surface area (Å²) in [6.45, 7) is 3.93. The maximum Gasteiger partial charge on any atom is 0.252 e. The first kappa shape index (κ1) is 13.0. The predicted molar refractivity (Wildman–Crippen MR) is 71.9 cm³/mol. The van der Waals surface area contributed by atoms with Gasteiger partial charge in [0.15, 0.2) is 0 Å². The zero-order valence-electron chi connectivity index (χ0n) is 10.7. The molecule has 0 atom stereocenters. The van der Waals surface area contributed by atoms with Crippen LogP contribution >= 0.6 is 0 Å². The molecule has 1 aromatic carbocycles. The molecule has 0 aliphatic carbocycles. The molecule has 1 aromatic heterocycles. The molecule has 0 saturated carbocycles. The number of nitrogens with one attached hydrogen (secondary N) is 1. The Bertz CT molecular complexity index is 620. The van der Waals surface area contributed by atoms with Crippen molar-refractivity contribution in [1.82, 2.24) is 4.98 Å². The molecule has 5 heteroatoms. The number of carbonyl (C=O) groups is 1. The van der Waals surface area contributed by atoms with Crippen molar-refractivity contribution in [2.75, 3.05) is 5.32 Å². The number of pyridine rings is 1. The lowest BCUT2D eigenvalue weighted by molar-refractivity contribution is 0.100. The van der Waals surface area contributed by atoms with Crippen LogP contribution in [0.15, 0.2) is 30.5 Å². The van der Waals surface area contributed by atoms with Gasteiger partial charge in [-0.25, -0.2) is 9.37 Å². The summed E-state index contributed by atoms with van der Waals surface area (Å²) in [7, 11) is 0. The molecular weight excluding hydrogens is 245 g/mol. The minimum atomic E-state index is -0.723. The van der Waals surface area contributed by atoms with Gasteiger partial charge in [-0.05, 0) is 43.2 Å². The van der Waals surface area contributed by atoms with Crippen LogP contribution in [0.2, 0.25) is 0 Å². The molecular formula is C14H14FN3O. The summed E-state index contributed by atoms with van der Waals surface area (Å²) >= 11 is 0. The number of hydrogen-bond acceptors (Lipinski definition) is 3. The van der Waals surface area contributed by atoms with Crippen molar-refractivity contribution >= 4 is 17.4 Å². The third-order valence-electron chi connectivity index (χ3n) is 2.60. The van der Waals surface area contributed by atoms with Crippen LogP contribution in [-0.4, -0.2) is 10.9 Å². The number of rotatable bonds is 3. The lowest BCUT2D eigenvalue weighted by Gasteiger charge is -2.10. The number of nitrogens with two attached hydrogens (primary N) is 1. The van der Waals surface area contributed by atoms with Crippen molar-refractivity contribution in [3.63, 3.8) is 0 Å². The van der Waals surface area contributed by atoms with E-state index >= 15 is 0 Å². The topological polar surface area (TPSA) is 68.0 Å². The SMILES string of the molecule is Cc1cc(C)cc(Nc2ncc(F)cc2C(N)=O)c1. The number of anilines is 2. The number of aryl methyl sites for hydroxylation is 2. The van der Waals surface area contributed by atoms with Crippen molar-refractivity contribution in [1.29, 1.82) is 0 Å². The standard InChI is InChI=1S/C14H14FN3O/c1-8-3-9(2)5-11(4-8)18-14-12(13(16)19)6-10(15)7-17-14/h3-7H,1-2H3,(H2,16,19)(H,17,18). The highest BCUT2D eigenvalue weighted by Gasteiger charge is 2.11. The van der Waals surface area contributed by atoms with Gasteiger partial charge in [-0.2, -0.15) is 0 Å². The molecule has 1 heterocycles. The van der Waals surface area contributed by atoms with E-state index in [0.717, 1.165) is 29.1 Å². The van der Waals surface area contributed by atoms with E-state index < -0.39 is 11.7 Å². The monoisotopic (exact) mass is 259 g/mol. The highest BCUT2D eigenvalue weighted by molar-refractivity contribution is 5.98. The normalized spacial score (nSPS) is 10.3. The van der Waals surface area contributed by atoms with Crippen molar-refractivity contribution in [2.45, 2.75) is 13.8 Å². The molecule has 1 amide bonds. The van der Waals surface area contributed by atoms with Gasteiger partial charge in [0.05, 0.1) is 11.8 Å². The molecule has 0 saturated heterocycles. The summed E-state index contributed by atoms with van der Waals surface area (Å²) in [6, 6.07) is 6.91. The predicted octanol–water partition coefficient (Wildman–Crippen LogP) is 2.68. The van der Waals surface area contributed by atoms with Crippen LogP contribution in [0.4, 0.5) is 15.9 Å². The van der Waals surface area contributed by atoms with Gasteiger partial charge in [0, 0.05) is 5.69 Å². The maximum atomic E-state index is 13.1. The van der Waals surface area contributed by atoms with E-state index in [1.54, 1.807) is 0 Å². The smallest absolute Gasteiger partial charge is 0.252 e. The molecule has 19 heavy (non-hydrogen) atoms. The maximum absolute atomic E-state index is 13.1. The number of carbonyl (C=O) groups excluding carboxylic acids is 1. The van der Waals surface area contributed by atoms with Gasteiger partial charge < -0.3 is 11.1 Å². The Balaban J connectivity index is 2.40. The molecule has 3 N–H and O–H groups in total. The van der Waals surface area contributed by atoms with Gasteiger partial charge in [-0.1, -0.05) is 6.07 Å². The molecule has 2 rings (SSSR count). The lowest BCUT2D eigenvalue weighted by Crippen LogP contribution is -2.14. The van der Waals surface area contributed by atoms with Crippen molar-refractivity contribution in [3.05, 3.63) is 53.0 Å². The highest BCUT2D eigenvalue weighted by Crippen LogP contribution is 2.21. The quantitative estimate of drug-likeness (QED) is 0.890. The van der Waals surface area contributed by atoms with Crippen molar-refractivity contribution in [3.8, 4) is 0 Å². The number of aromatic nitrogens is 1. The molecule has 98 valence electrons. The van der Waals surface area contributed by atoms with Gasteiger partial charge >= 0.3 is 0 Å². The van der Waals surface area contributed by atoms with Crippen LogP contribution in [0.3, 0.4) is 0 Å². The van der Waals surface area contributed by atoms with Crippen LogP contribution in [0.1, 0.15) is 21.5 Å². The van der Waals surface area contributed by atoms with Crippen LogP contribution < -0.4 is 11.1 Å². The first-order chi connectivity index (χ1) is 8.95. The second kappa shape index (κ2) is 5.06. The third kappa shape index (κ3) is 3.07. The van der Waals surface area contributed by atoms with Crippen LogP contribution in [0.5, 0.6) is 0 Å². The molecule has 2 aromatic rings. The van der Waals surface area contributed by atoms with Gasteiger partial charge in [-0.15, -0.1) is 0 Å². The Labute approximate surface area is 110 Å². The first-order valence-electron chi connectivity index (χ1n) is 5.76. The Morgan fingerprint density at radius 1 is 1.21 bits per heavy atom. The van der Waals surface area contributed by atoms with E-state index in [1.807, 2.05) is 32.0 Å². The molecule has 0 fully saturated rings. The van der Waals surface area contributed by atoms with Crippen LogP contribution in [0, 0.1) is 19.7 Å². The average molecular weight is 259 g/mol. The minimum absolute atomic E-state index is 0.0270. The number of amides is 1. The number of benzene rings is 1. The summed E-state index contributed by atoms with van der Waals surface area (Å²) in [4.78, 5) is 15.1. The third-order valence-corrected chi connectivity index (χ3v) is 2.60.